The minimum Gasteiger partial charge on any atom is -0.347 e. The number of anilines is 1. The lowest BCUT2D eigenvalue weighted by Gasteiger charge is -2.28. The maximum absolute atomic E-state index is 5.53. The van der Waals surface area contributed by atoms with Crippen molar-refractivity contribution in [3.05, 3.63) is 42.1 Å². The van der Waals surface area contributed by atoms with E-state index < -0.39 is 0 Å². The summed E-state index contributed by atoms with van der Waals surface area (Å²) < 4.78 is 2.19. The van der Waals surface area contributed by atoms with E-state index >= 15 is 0 Å². The Morgan fingerprint density at radius 3 is 2.94 bits per heavy atom. The van der Waals surface area contributed by atoms with Crippen LogP contribution in [0.2, 0.25) is 0 Å². The molecule has 0 aromatic carbocycles. The van der Waals surface area contributed by atoms with E-state index in [0.29, 0.717) is 6.54 Å². The van der Waals surface area contributed by atoms with Crippen LogP contribution >= 0.6 is 0 Å². The first-order valence-electron chi connectivity index (χ1n) is 6.27. The number of aromatic nitrogens is 3. The molecule has 1 aliphatic heterocycles. The van der Waals surface area contributed by atoms with Gasteiger partial charge in [-0.05, 0) is 24.6 Å². The quantitative estimate of drug-likeness (QED) is 0.866. The van der Waals surface area contributed by atoms with Gasteiger partial charge in [-0.15, -0.1) is 0 Å². The smallest absolute Gasteiger partial charge is 0.128 e. The predicted octanol–water partition coefficient (Wildman–Crippen LogP) is 0.799. The van der Waals surface area contributed by atoms with Crippen LogP contribution in [-0.4, -0.2) is 27.6 Å². The molecule has 0 aliphatic carbocycles. The monoisotopic (exact) mass is 243 g/mol. The minimum absolute atomic E-state index is 0.669. The van der Waals surface area contributed by atoms with Gasteiger partial charge in [0.1, 0.15) is 11.6 Å². The zero-order chi connectivity index (χ0) is 12.4. The fourth-order valence-corrected chi connectivity index (χ4v) is 2.29. The zero-order valence-electron chi connectivity index (χ0n) is 10.3. The van der Waals surface area contributed by atoms with Crippen LogP contribution in [0, 0.1) is 0 Å². The van der Waals surface area contributed by atoms with Gasteiger partial charge in [0.05, 0.1) is 6.54 Å². The summed E-state index contributed by atoms with van der Waals surface area (Å²) in [6.07, 6.45) is 6.70. The number of rotatable bonds is 3. The van der Waals surface area contributed by atoms with Crippen LogP contribution in [0.3, 0.4) is 0 Å². The average molecular weight is 243 g/mol. The van der Waals surface area contributed by atoms with E-state index in [-0.39, 0.29) is 0 Å². The maximum atomic E-state index is 5.53. The Kier molecular flexibility index (Phi) is 2.98. The van der Waals surface area contributed by atoms with E-state index in [9.17, 15) is 0 Å². The summed E-state index contributed by atoms with van der Waals surface area (Å²) in [5.41, 5.74) is 6.73. The molecule has 5 heteroatoms. The first kappa shape index (κ1) is 11.2. The lowest BCUT2D eigenvalue weighted by molar-refractivity contribution is 0.556. The second-order valence-electron chi connectivity index (χ2n) is 4.52. The number of nitrogens with two attached hydrogens (primary N) is 1. The van der Waals surface area contributed by atoms with Crippen LogP contribution in [0.1, 0.15) is 11.4 Å². The molecular weight excluding hydrogens is 226 g/mol. The minimum atomic E-state index is 0.669. The van der Waals surface area contributed by atoms with Crippen molar-refractivity contribution in [3.63, 3.8) is 0 Å². The molecule has 18 heavy (non-hydrogen) atoms. The molecule has 2 N–H and O–H groups in total. The maximum Gasteiger partial charge on any atom is 0.128 e. The molecule has 0 bridgehead atoms. The third kappa shape index (κ3) is 2.09. The first-order valence-corrected chi connectivity index (χ1v) is 6.27. The fourth-order valence-electron chi connectivity index (χ4n) is 2.29. The van der Waals surface area contributed by atoms with Gasteiger partial charge in [0.2, 0.25) is 0 Å². The topological polar surface area (TPSA) is 60.0 Å². The van der Waals surface area contributed by atoms with Crippen molar-refractivity contribution in [1.29, 1.82) is 0 Å². The second-order valence-corrected chi connectivity index (χ2v) is 4.52. The molecule has 1 aliphatic rings. The van der Waals surface area contributed by atoms with E-state index in [0.717, 1.165) is 37.7 Å². The Morgan fingerprint density at radius 1 is 1.22 bits per heavy atom. The highest BCUT2D eigenvalue weighted by molar-refractivity contribution is 5.40. The van der Waals surface area contributed by atoms with Gasteiger partial charge in [-0.2, -0.15) is 0 Å². The number of hydrogen-bond acceptors (Lipinski definition) is 4. The molecule has 3 rings (SSSR count). The summed E-state index contributed by atoms with van der Waals surface area (Å²) >= 11 is 0. The number of pyridine rings is 1. The molecular formula is C13H17N5. The SMILES string of the molecule is NCCc1ccc(N2CCn3ccnc3C2)nc1. The Bertz CT molecular complexity index is 516. The van der Waals surface area contributed by atoms with Gasteiger partial charge in [0, 0.05) is 31.7 Å². The molecule has 0 saturated heterocycles. The Balaban J connectivity index is 1.76. The molecule has 3 heterocycles. The highest BCUT2D eigenvalue weighted by Gasteiger charge is 2.17. The summed E-state index contributed by atoms with van der Waals surface area (Å²) in [4.78, 5) is 11.1. The Labute approximate surface area is 106 Å². The molecule has 94 valence electrons. The Morgan fingerprint density at radius 2 is 2.17 bits per heavy atom. The number of hydrogen-bond donors (Lipinski definition) is 1. The lowest BCUT2D eigenvalue weighted by Crippen LogP contribution is -2.34. The van der Waals surface area contributed by atoms with Gasteiger partial charge in [0.25, 0.3) is 0 Å². The third-order valence-electron chi connectivity index (χ3n) is 3.31. The molecule has 0 amide bonds. The summed E-state index contributed by atoms with van der Waals surface area (Å²) in [5, 5.41) is 0. The van der Waals surface area contributed by atoms with Gasteiger partial charge in [0.15, 0.2) is 0 Å². The predicted molar refractivity (Wildman–Crippen MR) is 70.3 cm³/mol. The van der Waals surface area contributed by atoms with Crippen molar-refractivity contribution in [1.82, 2.24) is 14.5 Å². The van der Waals surface area contributed by atoms with Gasteiger partial charge in [-0.1, -0.05) is 6.07 Å². The normalized spacial score (nSPS) is 14.6. The van der Waals surface area contributed by atoms with Gasteiger partial charge < -0.3 is 15.2 Å². The van der Waals surface area contributed by atoms with E-state index in [2.05, 4.69) is 31.6 Å². The molecule has 2 aromatic heterocycles. The van der Waals surface area contributed by atoms with Crippen molar-refractivity contribution in [3.8, 4) is 0 Å². The molecule has 2 aromatic rings. The lowest BCUT2D eigenvalue weighted by atomic mass is 10.2. The van der Waals surface area contributed by atoms with E-state index in [1.807, 2.05) is 18.6 Å². The van der Waals surface area contributed by atoms with Crippen LogP contribution in [-0.2, 0) is 19.5 Å². The summed E-state index contributed by atoms with van der Waals surface area (Å²) in [6, 6.07) is 4.18. The van der Waals surface area contributed by atoms with E-state index in [1.165, 1.54) is 5.56 Å². The summed E-state index contributed by atoms with van der Waals surface area (Å²) in [7, 11) is 0. The number of fused-ring (bicyclic) bond motifs is 1. The van der Waals surface area contributed by atoms with Crippen LogP contribution in [0.15, 0.2) is 30.7 Å². The van der Waals surface area contributed by atoms with Crippen molar-refractivity contribution in [2.75, 3.05) is 18.0 Å². The van der Waals surface area contributed by atoms with Gasteiger partial charge >= 0.3 is 0 Å². The standard InChI is InChI=1S/C13H17N5/c14-4-3-11-1-2-12(16-9-11)18-8-7-17-6-5-15-13(17)10-18/h1-2,5-6,9H,3-4,7-8,10,14H2. The van der Waals surface area contributed by atoms with Crippen LogP contribution in [0.25, 0.3) is 0 Å². The third-order valence-corrected chi connectivity index (χ3v) is 3.31. The zero-order valence-corrected chi connectivity index (χ0v) is 10.3. The molecule has 0 saturated carbocycles. The number of nitrogens with zero attached hydrogens (tertiary/aromatic N) is 4. The van der Waals surface area contributed by atoms with Crippen LogP contribution < -0.4 is 10.6 Å². The molecule has 0 atom stereocenters. The highest BCUT2D eigenvalue weighted by atomic mass is 15.3. The summed E-state index contributed by atoms with van der Waals surface area (Å²) in [6.45, 7) is 3.45. The van der Waals surface area contributed by atoms with Crippen LogP contribution in [0.4, 0.5) is 5.82 Å². The number of imidazole rings is 1. The fraction of sp³-hybridized carbons (Fsp3) is 0.385. The van der Waals surface area contributed by atoms with Gasteiger partial charge in [-0.25, -0.2) is 9.97 Å². The molecule has 0 spiro atoms. The molecule has 0 unspecified atom stereocenters. The average Bonchev–Trinajstić information content (AvgIpc) is 2.87. The van der Waals surface area contributed by atoms with Gasteiger partial charge in [-0.3, -0.25) is 0 Å². The molecule has 0 fully saturated rings. The van der Waals surface area contributed by atoms with E-state index in [1.54, 1.807) is 0 Å². The second kappa shape index (κ2) is 4.78. The van der Waals surface area contributed by atoms with Crippen molar-refractivity contribution >= 4 is 5.82 Å². The van der Waals surface area contributed by atoms with Crippen molar-refractivity contribution in [2.45, 2.75) is 19.5 Å². The first-order chi connectivity index (χ1) is 8.86. The largest absolute Gasteiger partial charge is 0.347 e. The van der Waals surface area contributed by atoms with E-state index in [4.69, 9.17) is 5.73 Å². The summed E-state index contributed by atoms with van der Waals surface area (Å²) in [5.74, 6) is 2.12. The van der Waals surface area contributed by atoms with Crippen LogP contribution in [0.5, 0.6) is 0 Å². The highest BCUT2D eigenvalue weighted by Crippen LogP contribution is 2.18. The Hall–Kier alpha value is -1.88. The molecule has 5 nitrogen and oxygen atoms in total. The molecule has 0 radical (unpaired) electrons. The van der Waals surface area contributed by atoms with Crippen molar-refractivity contribution in [2.24, 2.45) is 5.73 Å². The van der Waals surface area contributed by atoms with Crippen molar-refractivity contribution < 1.29 is 0 Å².